The first-order chi connectivity index (χ1) is 53.9. The van der Waals surface area contributed by atoms with E-state index in [4.69, 9.17) is 22.6 Å². The van der Waals surface area contributed by atoms with Crippen LogP contribution in [0.3, 0.4) is 0 Å². The normalized spacial score (nSPS) is 22.7. The van der Waals surface area contributed by atoms with Crippen molar-refractivity contribution in [3.8, 4) is 0 Å². The predicted octanol–water partition coefficient (Wildman–Crippen LogP) is -3.79. The van der Waals surface area contributed by atoms with E-state index >= 15 is 14.4 Å². The first kappa shape index (κ1) is 91.5. The van der Waals surface area contributed by atoms with Crippen LogP contribution in [0.5, 0.6) is 0 Å². The highest BCUT2D eigenvalue weighted by Gasteiger charge is 2.39. The van der Waals surface area contributed by atoms with Crippen LogP contribution in [0.4, 0.5) is 0 Å². The number of aryl methyl sites for hydroxylation is 1. The Balaban J connectivity index is 1.48. The van der Waals surface area contributed by atoms with Gasteiger partial charge in [-0.25, -0.2) is 4.98 Å². The summed E-state index contributed by atoms with van der Waals surface area (Å²) in [6, 6.07) is -5.53. The Morgan fingerprint density at radius 1 is 0.658 bits per heavy atom. The number of aromatic amines is 2. The van der Waals surface area contributed by atoms with E-state index in [1.807, 2.05) is 27.7 Å². The summed E-state index contributed by atoms with van der Waals surface area (Å²) < 4.78 is 1.76. The average Bonchev–Trinajstić information content (AvgIpc) is 1.65. The molecule has 2 aromatic carbocycles. The summed E-state index contributed by atoms with van der Waals surface area (Å²) in [4.78, 5) is 224. The molecule has 0 saturated carbocycles. The van der Waals surface area contributed by atoms with Gasteiger partial charge in [-0.15, -0.1) is 0 Å². The van der Waals surface area contributed by atoms with Gasteiger partial charge in [0.15, 0.2) is 5.96 Å². The summed E-state index contributed by atoms with van der Waals surface area (Å²) >= 11 is 0. The highest BCUT2D eigenvalue weighted by Crippen LogP contribution is 2.26. The third-order valence-corrected chi connectivity index (χ3v) is 21.1. The molecule has 4 heterocycles. The van der Waals surface area contributed by atoms with Gasteiger partial charge in [0.2, 0.25) is 82.7 Å². The van der Waals surface area contributed by atoms with Gasteiger partial charge in [0.05, 0.1) is 31.4 Å². The minimum Gasteiger partial charge on any atom is -0.481 e. The number of primary amides is 2. The van der Waals surface area contributed by atoms with Gasteiger partial charge >= 0.3 is 5.97 Å². The average molecular weight is 1630 g/mol. The molecular formula is C73H106N22O17S2. The van der Waals surface area contributed by atoms with Crippen LogP contribution in [-0.4, -0.2) is 234 Å². The minimum atomic E-state index is -2.05. The van der Waals surface area contributed by atoms with Gasteiger partial charge in [0.25, 0.3) is 0 Å². The molecule has 0 bridgehead atoms. The number of aliphatic hydroxyl groups excluding tert-OH is 1. The second-order valence-electron chi connectivity index (χ2n) is 28.5. The predicted molar refractivity (Wildman–Crippen MR) is 423 cm³/mol. The minimum absolute atomic E-state index is 0.0160. The Labute approximate surface area is 665 Å². The van der Waals surface area contributed by atoms with Crippen LogP contribution in [-0.2, 0) is 98.2 Å². The molecule has 1 saturated heterocycles. The molecule has 5 aromatic rings. The number of benzene rings is 2. The number of nitrogens with zero attached hydrogens (tertiary/aromatic N) is 2. The summed E-state index contributed by atoms with van der Waals surface area (Å²) in [6.07, 6.45) is 1.30. The Hall–Kier alpha value is -11.3. The lowest BCUT2D eigenvalue weighted by atomic mass is 9.97. The molecule has 1 fully saturated rings. The monoisotopic (exact) mass is 1630 g/mol. The van der Waals surface area contributed by atoms with Crippen LogP contribution >= 0.6 is 21.6 Å². The number of guanidine groups is 1. The molecule has 41 heteroatoms. The summed E-state index contributed by atoms with van der Waals surface area (Å²) in [5.41, 5.74) is 19.3. The van der Waals surface area contributed by atoms with Crippen molar-refractivity contribution in [3.63, 3.8) is 0 Å². The van der Waals surface area contributed by atoms with Crippen molar-refractivity contribution in [1.29, 1.82) is 5.41 Å². The molecule has 6 rings (SSSR count). The number of nitrogens with two attached hydrogens (primary N) is 3. The van der Waals surface area contributed by atoms with Gasteiger partial charge in [-0.05, 0) is 68.2 Å². The van der Waals surface area contributed by atoms with E-state index in [-0.39, 0.29) is 62.1 Å². The number of rotatable bonds is 26. The zero-order valence-corrected chi connectivity index (χ0v) is 66.5. The lowest BCUT2D eigenvalue weighted by molar-refractivity contribution is -0.141. The largest absolute Gasteiger partial charge is 0.481 e. The molecule has 25 N–H and O–H groups in total. The van der Waals surface area contributed by atoms with Crippen molar-refractivity contribution in [2.75, 3.05) is 24.6 Å². The number of hydrogen-bond donors (Lipinski definition) is 22. The number of amides is 14. The van der Waals surface area contributed by atoms with Crippen molar-refractivity contribution in [2.24, 2.45) is 36.1 Å². The third kappa shape index (κ3) is 28.1. The molecule has 0 aliphatic carbocycles. The topological polar surface area (TPSA) is 616 Å². The van der Waals surface area contributed by atoms with E-state index in [0.29, 0.717) is 39.4 Å². The van der Waals surface area contributed by atoms with Gasteiger partial charge in [0, 0.05) is 103 Å². The van der Waals surface area contributed by atoms with Crippen LogP contribution in [0.2, 0.25) is 0 Å². The Kier molecular flexibility index (Phi) is 35.5. The van der Waals surface area contributed by atoms with E-state index in [1.165, 1.54) is 26.4 Å². The molecule has 0 unspecified atom stereocenters. The Morgan fingerprint density at radius 3 is 1.86 bits per heavy atom. The highest BCUT2D eigenvalue weighted by molar-refractivity contribution is 8.76. The number of aromatic nitrogens is 4. The highest BCUT2D eigenvalue weighted by atomic mass is 33.1. The van der Waals surface area contributed by atoms with E-state index in [1.54, 1.807) is 86.4 Å². The lowest BCUT2D eigenvalue weighted by Gasteiger charge is -2.30. The number of H-pyrrole nitrogens is 2. The van der Waals surface area contributed by atoms with E-state index < -0.39 is 211 Å². The van der Waals surface area contributed by atoms with Crippen molar-refractivity contribution in [3.05, 3.63) is 90.3 Å². The molecule has 114 heavy (non-hydrogen) atoms. The third-order valence-electron chi connectivity index (χ3n) is 18.7. The quantitative estimate of drug-likeness (QED) is 0.0109. The molecule has 14 atom stereocenters. The van der Waals surface area contributed by atoms with E-state index in [2.05, 4.69) is 89.4 Å². The molecule has 0 spiro atoms. The molecule has 1 aliphatic heterocycles. The number of carbonyl (C=O) groups excluding carboxylic acids is 14. The molecule has 622 valence electrons. The van der Waals surface area contributed by atoms with Crippen LogP contribution in [0.15, 0.2) is 73.4 Å². The number of para-hydroxylation sites is 2. The smallest absolute Gasteiger partial charge is 0.305 e. The summed E-state index contributed by atoms with van der Waals surface area (Å²) in [5, 5.41) is 66.2. The number of carbonyl (C=O) groups is 15. The van der Waals surface area contributed by atoms with Crippen molar-refractivity contribution in [2.45, 2.75) is 198 Å². The van der Waals surface area contributed by atoms with Crippen LogP contribution in [0.1, 0.15) is 111 Å². The molecular weight excluding hydrogens is 1520 g/mol. The molecule has 39 nitrogen and oxygen atoms in total. The van der Waals surface area contributed by atoms with Gasteiger partial charge < -0.3 is 116 Å². The van der Waals surface area contributed by atoms with Crippen LogP contribution < -0.4 is 91.6 Å². The standard InChI is InChI=1S/C73H106N22O17S2/c1-10-37(6)59(83-36(4)5)72(112)92-53-33-114-113-32-52(70(110)94-60(39(8)96)61(75)101)91-64(104)46(19-15-23-79-73(76)77)85-67(107)50(26-42-29-78-34-82-42)87-62(102)38(7)84-56(98)30-81-63(103)48(24-40-28-80-45-18-13-11-16-43(40)45)88-68(108)51(27-57(99)100)89-65(105)47(21-22-55(74)97)86-66(106)49(90-71(111)58(35(2)3)93-69(53)109)25-41-31-95(9)54-20-14-12-17-44(41)54/h11-14,16-18,20,28-29,31,34-39,46-53,58-60,80,83,96H,10,15,19,21-27,30,32-33H2,1-9H3,(H2,74,97)(H2,75,101)(H,78,82)(H,81,103)(H,84,98)(H,85,107)(H,86,106)(H,87,102)(H,88,108)(H,89,105)(H,90,111)(H,91,104)(H,92,112)(H,93,109)(H,94,110)(H,99,100)(H4,76,77,79)/t37-,38-,39+,46-,47-,48-,49-,50-,51-,52-,53-,58-,59-,60-/m0/s1. The Morgan fingerprint density at radius 2 is 1.24 bits per heavy atom. The number of aliphatic hydroxyl groups is 1. The van der Waals surface area contributed by atoms with E-state index in [0.717, 1.165) is 21.6 Å². The van der Waals surface area contributed by atoms with Crippen molar-refractivity contribution < 1.29 is 82.1 Å². The molecule has 1 aliphatic rings. The maximum atomic E-state index is 15.2. The SMILES string of the molecule is CC[C@H](C)[C@H](NC(C)C)C(=O)N[C@H]1CSSC[C@@H](C(=O)N[C@H](C(N)=O)[C@@H](C)O)NC(=O)[C@H](CCCNC(=N)N)NC(=O)[C@H](Cc2cnc[nH]2)NC(=O)[C@H](C)NC(=O)CNC(=O)[C@H](Cc2c[nH]c3ccccc23)NC(=O)[C@H](CC(=O)O)NC(=O)[C@H](CCC(N)=O)NC(=O)[C@H](Cc2cn(C)c3ccccc23)NC(=O)[C@H](C(C)C)NC1=O. The maximum absolute atomic E-state index is 15.2. The summed E-state index contributed by atoms with van der Waals surface area (Å²) in [5.74, 6) is -18.3. The number of imidazole rings is 1. The van der Waals surface area contributed by atoms with Gasteiger partial charge in [-0.3, -0.25) is 77.3 Å². The fraction of sp³-hybridized carbons (Fsp3) is 0.521. The lowest BCUT2D eigenvalue weighted by Crippen LogP contribution is -2.61. The second kappa shape index (κ2) is 44.2. The number of nitrogens with one attached hydrogen (secondary N) is 17. The Bertz CT molecular complexity index is 4250. The van der Waals surface area contributed by atoms with Crippen molar-refractivity contribution in [1.82, 2.24) is 94.0 Å². The molecule has 3 aromatic heterocycles. The van der Waals surface area contributed by atoms with Crippen LogP contribution in [0.25, 0.3) is 21.8 Å². The van der Waals surface area contributed by atoms with Gasteiger partial charge in [0.1, 0.15) is 66.5 Å². The number of aliphatic carboxylic acids is 1. The summed E-state index contributed by atoms with van der Waals surface area (Å²) in [7, 11) is 3.51. The number of hydrogen-bond acceptors (Lipinski definition) is 21. The first-order valence-corrected chi connectivity index (χ1v) is 39.7. The first-order valence-electron chi connectivity index (χ1n) is 37.2. The van der Waals surface area contributed by atoms with Gasteiger partial charge in [-0.2, -0.15) is 0 Å². The zero-order valence-electron chi connectivity index (χ0n) is 64.8. The molecule has 0 radical (unpaired) electrons. The zero-order chi connectivity index (χ0) is 84.2. The maximum Gasteiger partial charge on any atom is 0.305 e. The van der Waals surface area contributed by atoms with Gasteiger partial charge in [-0.1, -0.05) is 106 Å². The second-order valence-corrected chi connectivity index (χ2v) is 31.1. The van der Waals surface area contributed by atoms with E-state index in [9.17, 15) is 67.7 Å². The number of carboxylic acids is 1. The molecule has 14 amide bonds. The fourth-order valence-corrected chi connectivity index (χ4v) is 14.6. The van der Waals surface area contributed by atoms with Crippen molar-refractivity contribution >= 4 is 138 Å². The van der Waals surface area contributed by atoms with Crippen LogP contribution in [0, 0.1) is 17.2 Å². The number of carboxylic acid groups (broad SMARTS) is 1. The number of fused-ring (bicyclic) bond motifs is 2. The summed E-state index contributed by atoms with van der Waals surface area (Å²) in [6.45, 7) is 12.0. The fourth-order valence-electron chi connectivity index (χ4n) is 12.3.